The molecule has 0 saturated carbocycles. The van der Waals surface area contributed by atoms with Crippen molar-refractivity contribution in [1.82, 2.24) is 0 Å². The maximum atomic E-state index is 4.27. The Hall–Kier alpha value is -2.86. The summed E-state index contributed by atoms with van der Waals surface area (Å²) >= 11 is 0. The van der Waals surface area contributed by atoms with Gasteiger partial charge in [0.05, 0.1) is 0 Å². The monoisotopic (exact) mass is 324 g/mol. The second-order valence-corrected chi connectivity index (χ2v) is 6.70. The molecule has 0 N–H and O–H groups in total. The first kappa shape index (κ1) is 17.0. The minimum atomic E-state index is 0.959. The van der Waals surface area contributed by atoms with Crippen LogP contribution in [0.2, 0.25) is 0 Å². The maximum Gasteiger partial charge on any atom is -0.00258 e. The van der Waals surface area contributed by atoms with Crippen LogP contribution in [0.4, 0.5) is 0 Å². The normalized spacial score (nSPS) is 10.5. The van der Waals surface area contributed by atoms with Gasteiger partial charge < -0.3 is 0 Å². The van der Waals surface area contributed by atoms with Crippen molar-refractivity contribution in [3.05, 3.63) is 119 Å². The quantitative estimate of drug-likeness (QED) is 0.491. The molecular weight excluding hydrogens is 300 g/mol. The summed E-state index contributed by atoms with van der Waals surface area (Å²) < 4.78 is 0. The lowest BCUT2D eigenvalue weighted by Gasteiger charge is -2.09. The molecule has 0 aliphatic carbocycles. The van der Waals surface area contributed by atoms with Gasteiger partial charge in [-0.25, -0.2) is 0 Å². The fraction of sp³-hybridized carbons (Fsp3) is 0.120. The van der Waals surface area contributed by atoms with E-state index < -0.39 is 0 Å². The molecule has 0 amide bonds. The molecule has 25 heavy (non-hydrogen) atoms. The number of allylic oxidation sites excluding steroid dienone is 1. The Labute approximate surface area is 151 Å². The molecule has 0 nitrogen and oxygen atoms in total. The van der Waals surface area contributed by atoms with Crippen LogP contribution in [0.25, 0.3) is 11.1 Å². The Morgan fingerprint density at radius 2 is 1.04 bits per heavy atom. The highest BCUT2D eigenvalue weighted by molar-refractivity contribution is 5.79. The molecule has 3 aromatic rings. The molecular formula is C25H24. The SMILES string of the molecule is C=C(C)c1ccc(C(=C)c2ccc(Cc3ccc(C)cc3)cc2)cc1. The summed E-state index contributed by atoms with van der Waals surface area (Å²) in [6, 6.07) is 25.9. The summed E-state index contributed by atoms with van der Waals surface area (Å²) in [7, 11) is 0. The van der Waals surface area contributed by atoms with Crippen molar-refractivity contribution < 1.29 is 0 Å². The van der Waals surface area contributed by atoms with Gasteiger partial charge in [0.15, 0.2) is 0 Å². The molecule has 0 fully saturated rings. The molecule has 3 rings (SSSR count). The zero-order valence-electron chi connectivity index (χ0n) is 15.0. The smallest absolute Gasteiger partial charge is 0.00258 e. The first-order valence-electron chi connectivity index (χ1n) is 8.63. The third kappa shape index (κ3) is 4.16. The molecule has 0 saturated heterocycles. The highest BCUT2D eigenvalue weighted by atomic mass is 14.1. The summed E-state index contributed by atoms with van der Waals surface area (Å²) in [5.41, 5.74) is 9.57. The number of hydrogen-bond donors (Lipinski definition) is 0. The van der Waals surface area contributed by atoms with E-state index in [0.717, 1.165) is 28.7 Å². The van der Waals surface area contributed by atoms with Crippen molar-refractivity contribution in [2.75, 3.05) is 0 Å². The summed E-state index contributed by atoms with van der Waals surface area (Å²) in [4.78, 5) is 0. The Kier molecular flexibility index (Phi) is 5.00. The Balaban J connectivity index is 1.73. The van der Waals surface area contributed by atoms with Crippen molar-refractivity contribution in [1.29, 1.82) is 0 Å². The fourth-order valence-electron chi connectivity index (χ4n) is 2.89. The second-order valence-electron chi connectivity index (χ2n) is 6.70. The van der Waals surface area contributed by atoms with Gasteiger partial charge in [-0.05, 0) is 53.7 Å². The Bertz CT molecular complexity index is 876. The predicted molar refractivity (Wildman–Crippen MR) is 110 cm³/mol. The van der Waals surface area contributed by atoms with Crippen LogP contribution in [-0.4, -0.2) is 0 Å². The molecule has 0 aliphatic rings. The Morgan fingerprint density at radius 1 is 0.640 bits per heavy atom. The van der Waals surface area contributed by atoms with Crippen molar-refractivity contribution >= 4 is 11.1 Å². The largest absolute Gasteiger partial charge is 0.0955 e. The summed E-state index contributed by atoms with van der Waals surface area (Å²) in [6.07, 6.45) is 0.959. The van der Waals surface area contributed by atoms with Gasteiger partial charge in [-0.15, -0.1) is 0 Å². The van der Waals surface area contributed by atoms with E-state index in [2.05, 4.69) is 92.9 Å². The zero-order chi connectivity index (χ0) is 17.8. The van der Waals surface area contributed by atoms with E-state index in [1.165, 1.54) is 22.3 Å². The number of rotatable bonds is 5. The van der Waals surface area contributed by atoms with Crippen LogP contribution < -0.4 is 0 Å². The molecule has 3 aromatic carbocycles. The number of benzene rings is 3. The second kappa shape index (κ2) is 7.36. The average molecular weight is 324 g/mol. The highest BCUT2D eigenvalue weighted by Gasteiger charge is 2.04. The summed E-state index contributed by atoms with van der Waals surface area (Å²) in [6.45, 7) is 12.4. The van der Waals surface area contributed by atoms with Gasteiger partial charge in [0.25, 0.3) is 0 Å². The molecule has 0 radical (unpaired) electrons. The van der Waals surface area contributed by atoms with E-state index in [4.69, 9.17) is 0 Å². The third-order valence-electron chi connectivity index (χ3n) is 4.56. The van der Waals surface area contributed by atoms with E-state index in [1.807, 2.05) is 6.92 Å². The van der Waals surface area contributed by atoms with Crippen LogP contribution in [0.15, 0.2) is 86.0 Å². The minimum Gasteiger partial charge on any atom is -0.0955 e. The molecule has 0 spiro atoms. The summed E-state index contributed by atoms with van der Waals surface area (Å²) in [5.74, 6) is 0. The van der Waals surface area contributed by atoms with Gasteiger partial charge in [0, 0.05) is 0 Å². The number of aryl methyl sites for hydroxylation is 1. The molecule has 124 valence electrons. The van der Waals surface area contributed by atoms with Crippen LogP contribution in [0.1, 0.15) is 40.3 Å². The predicted octanol–water partition coefficient (Wildman–Crippen LogP) is 6.68. The van der Waals surface area contributed by atoms with Crippen molar-refractivity contribution in [3.63, 3.8) is 0 Å². The lowest BCUT2D eigenvalue weighted by Crippen LogP contribution is -1.91. The molecule has 0 atom stereocenters. The van der Waals surface area contributed by atoms with Crippen LogP contribution in [-0.2, 0) is 6.42 Å². The molecule has 0 heterocycles. The van der Waals surface area contributed by atoms with Gasteiger partial charge in [-0.2, -0.15) is 0 Å². The standard InChI is InChI=1S/C25H24/c1-18(2)23-13-15-25(16-14-23)20(4)24-11-9-22(10-12-24)17-21-7-5-19(3)6-8-21/h5-16H,1,4,17H2,2-3H3. The third-order valence-corrected chi connectivity index (χ3v) is 4.56. The van der Waals surface area contributed by atoms with E-state index in [1.54, 1.807) is 0 Å². The minimum absolute atomic E-state index is 0.959. The van der Waals surface area contributed by atoms with Gasteiger partial charge in [0.1, 0.15) is 0 Å². The molecule has 0 aromatic heterocycles. The van der Waals surface area contributed by atoms with E-state index >= 15 is 0 Å². The molecule has 0 bridgehead atoms. The number of hydrogen-bond acceptors (Lipinski definition) is 0. The van der Waals surface area contributed by atoms with Gasteiger partial charge >= 0.3 is 0 Å². The highest BCUT2D eigenvalue weighted by Crippen LogP contribution is 2.24. The first-order valence-corrected chi connectivity index (χ1v) is 8.63. The van der Waals surface area contributed by atoms with Gasteiger partial charge in [-0.1, -0.05) is 97.1 Å². The van der Waals surface area contributed by atoms with Gasteiger partial charge in [-0.3, -0.25) is 0 Å². The van der Waals surface area contributed by atoms with Crippen LogP contribution in [0, 0.1) is 6.92 Å². The fourth-order valence-corrected chi connectivity index (χ4v) is 2.89. The maximum absolute atomic E-state index is 4.27. The Morgan fingerprint density at radius 3 is 1.52 bits per heavy atom. The lowest BCUT2D eigenvalue weighted by atomic mass is 9.95. The molecule has 0 aliphatic heterocycles. The molecule has 0 heteroatoms. The van der Waals surface area contributed by atoms with Crippen LogP contribution in [0.3, 0.4) is 0 Å². The summed E-state index contributed by atoms with van der Waals surface area (Å²) in [5, 5.41) is 0. The first-order chi connectivity index (χ1) is 12.0. The zero-order valence-corrected chi connectivity index (χ0v) is 15.0. The van der Waals surface area contributed by atoms with Crippen LogP contribution >= 0.6 is 0 Å². The topological polar surface area (TPSA) is 0 Å². The van der Waals surface area contributed by atoms with E-state index in [-0.39, 0.29) is 0 Å². The van der Waals surface area contributed by atoms with Crippen molar-refractivity contribution in [2.24, 2.45) is 0 Å². The van der Waals surface area contributed by atoms with E-state index in [9.17, 15) is 0 Å². The lowest BCUT2D eigenvalue weighted by molar-refractivity contribution is 1.18. The van der Waals surface area contributed by atoms with Gasteiger partial charge in [0.2, 0.25) is 0 Å². The van der Waals surface area contributed by atoms with E-state index in [0.29, 0.717) is 0 Å². The molecule has 0 unspecified atom stereocenters. The van der Waals surface area contributed by atoms with Crippen molar-refractivity contribution in [2.45, 2.75) is 20.3 Å². The average Bonchev–Trinajstić information content (AvgIpc) is 2.64. The van der Waals surface area contributed by atoms with Crippen molar-refractivity contribution in [3.8, 4) is 0 Å². The van der Waals surface area contributed by atoms with Crippen LogP contribution in [0.5, 0.6) is 0 Å².